The van der Waals surface area contributed by atoms with Crippen LogP contribution in [0.3, 0.4) is 0 Å². The van der Waals surface area contributed by atoms with Crippen LogP contribution in [0.1, 0.15) is 30.9 Å². The van der Waals surface area contributed by atoms with Crippen LogP contribution >= 0.6 is 0 Å². The number of piperidine rings is 1. The van der Waals surface area contributed by atoms with Crippen LogP contribution in [0.15, 0.2) is 48.7 Å². The average molecular weight is 281 g/mol. The molecule has 1 saturated heterocycles. The third kappa shape index (κ3) is 3.14. The van der Waals surface area contributed by atoms with Crippen molar-refractivity contribution < 1.29 is 0 Å². The summed E-state index contributed by atoms with van der Waals surface area (Å²) in [7, 11) is 2.19. The number of likely N-dealkylation sites (N-methyl/N-ethyl adjacent to an activating group) is 1. The molecule has 1 aromatic heterocycles. The van der Waals surface area contributed by atoms with Crippen LogP contribution in [0.5, 0.6) is 0 Å². The number of benzene rings is 1. The lowest BCUT2D eigenvalue weighted by atomic mass is 9.91. The second kappa shape index (κ2) is 6.37. The van der Waals surface area contributed by atoms with E-state index in [2.05, 4.69) is 41.2 Å². The predicted octanol–water partition coefficient (Wildman–Crippen LogP) is 3.23. The second-order valence-electron chi connectivity index (χ2n) is 5.91. The Labute approximate surface area is 126 Å². The smallest absolute Gasteiger partial charge is 0.0702 e. The number of hydrogen-bond donors (Lipinski definition) is 1. The standard InChI is InChI=1S/C18H23N3/c1-21-12-5-3-10-17(21)18(19)15-8-6-7-14(13-15)16-9-2-4-11-20-16/h2,4,6-9,11,13,17-18H,3,5,10,12,19H2,1H3/t17-,18-/m0/s1. The molecule has 0 unspecified atom stereocenters. The lowest BCUT2D eigenvalue weighted by Gasteiger charge is -2.36. The summed E-state index contributed by atoms with van der Waals surface area (Å²) >= 11 is 0. The van der Waals surface area contributed by atoms with Gasteiger partial charge in [0.2, 0.25) is 0 Å². The van der Waals surface area contributed by atoms with Crippen LogP contribution in [0, 0.1) is 0 Å². The molecule has 2 atom stereocenters. The summed E-state index contributed by atoms with van der Waals surface area (Å²) < 4.78 is 0. The maximum absolute atomic E-state index is 6.55. The highest BCUT2D eigenvalue weighted by molar-refractivity contribution is 5.60. The normalized spacial score (nSPS) is 21.1. The number of hydrogen-bond acceptors (Lipinski definition) is 3. The predicted molar refractivity (Wildman–Crippen MR) is 86.9 cm³/mol. The van der Waals surface area contributed by atoms with Gasteiger partial charge in [-0.05, 0) is 50.2 Å². The molecule has 110 valence electrons. The third-order valence-electron chi connectivity index (χ3n) is 4.47. The molecule has 3 rings (SSSR count). The number of nitrogens with zero attached hydrogens (tertiary/aromatic N) is 2. The second-order valence-corrected chi connectivity index (χ2v) is 5.91. The van der Waals surface area contributed by atoms with Gasteiger partial charge in [-0.15, -0.1) is 0 Å². The van der Waals surface area contributed by atoms with E-state index in [1.165, 1.54) is 24.8 Å². The SMILES string of the molecule is CN1CCCC[C@H]1[C@@H](N)c1cccc(-c2ccccn2)c1. The van der Waals surface area contributed by atoms with E-state index < -0.39 is 0 Å². The van der Waals surface area contributed by atoms with E-state index in [-0.39, 0.29) is 6.04 Å². The summed E-state index contributed by atoms with van der Waals surface area (Å²) in [5.41, 5.74) is 9.89. The molecule has 1 aromatic carbocycles. The molecular formula is C18H23N3. The third-order valence-corrected chi connectivity index (χ3v) is 4.47. The fourth-order valence-corrected chi connectivity index (χ4v) is 3.22. The van der Waals surface area contributed by atoms with E-state index in [0.717, 1.165) is 17.8 Å². The highest BCUT2D eigenvalue weighted by atomic mass is 15.1. The molecule has 2 aromatic rings. The van der Waals surface area contributed by atoms with Gasteiger partial charge < -0.3 is 10.6 Å². The first-order valence-corrected chi connectivity index (χ1v) is 7.73. The molecule has 1 fully saturated rings. The lowest BCUT2D eigenvalue weighted by molar-refractivity contribution is 0.160. The first-order valence-electron chi connectivity index (χ1n) is 7.73. The van der Waals surface area contributed by atoms with Gasteiger partial charge in [-0.2, -0.15) is 0 Å². The molecule has 0 bridgehead atoms. The molecule has 2 heterocycles. The van der Waals surface area contributed by atoms with Gasteiger partial charge in [0.15, 0.2) is 0 Å². The maximum Gasteiger partial charge on any atom is 0.0702 e. The molecule has 21 heavy (non-hydrogen) atoms. The minimum absolute atomic E-state index is 0.0685. The van der Waals surface area contributed by atoms with Gasteiger partial charge in [0, 0.05) is 23.8 Å². The minimum atomic E-state index is 0.0685. The van der Waals surface area contributed by atoms with Gasteiger partial charge in [-0.3, -0.25) is 4.98 Å². The summed E-state index contributed by atoms with van der Waals surface area (Å²) in [6.45, 7) is 1.15. The highest BCUT2D eigenvalue weighted by Gasteiger charge is 2.26. The van der Waals surface area contributed by atoms with Crippen molar-refractivity contribution in [1.29, 1.82) is 0 Å². The number of aromatic nitrogens is 1. The molecule has 1 aliphatic rings. The van der Waals surface area contributed by atoms with Crippen molar-refractivity contribution in [3.8, 4) is 11.3 Å². The first-order chi connectivity index (χ1) is 10.3. The summed E-state index contributed by atoms with van der Waals surface area (Å²) in [6.07, 6.45) is 5.58. The zero-order valence-electron chi connectivity index (χ0n) is 12.6. The summed E-state index contributed by atoms with van der Waals surface area (Å²) in [5.74, 6) is 0. The first kappa shape index (κ1) is 14.2. The lowest BCUT2D eigenvalue weighted by Crippen LogP contribution is -2.43. The molecule has 3 heteroatoms. The fraction of sp³-hybridized carbons (Fsp3) is 0.389. The number of pyridine rings is 1. The van der Waals surface area contributed by atoms with Crippen molar-refractivity contribution in [2.45, 2.75) is 31.3 Å². The van der Waals surface area contributed by atoms with Crippen molar-refractivity contribution in [2.24, 2.45) is 5.73 Å². The Balaban J connectivity index is 1.85. The Bertz CT molecular complexity index is 582. The van der Waals surface area contributed by atoms with E-state index in [1.807, 2.05) is 24.4 Å². The van der Waals surface area contributed by atoms with Crippen molar-refractivity contribution >= 4 is 0 Å². The molecule has 0 radical (unpaired) electrons. The summed E-state index contributed by atoms with van der Waals surface area (Å²) in [5, 5.41) is 0. The number of likely N-dealkylation sites (tertiary alicyclic amines) is 1. The quantitative estimate of drug-likeness (QED) is 0.939. The molecule has 0 aliphatic carbocycles. The van der Waals surface area contributed by atoms with Crippen LogP contribution in [-0.4, -0.2) is 29.5 Å². The highest BCUT2D eigenvalue weighted by Crippen LogP contribution is 2.28. The topological polar surface area (TPSA) is 42.1 Å². The zero-order valence-corrected chi connectivity index (χ0v) is 12.6. The Morgan fingerprint density at radius 3 is 2.86 bits per heavy atom. The van der Waals surface area contributed by atoms with Gasteiger partial charge in [-0.25, -0.2) is 0 Å². The Kier molecular flexibility index (Phi) is 4.32. The van der Waals surface area contributed by atoms with Crippen molar-refractivity contribution in [3.05, 3.63) is 54.2 Å². The molecule has 0 saturated carbocycles. The number of nitrogens with two attached hydrogens (primary N) is 1. The fourth-order valence-electron chi connectivity index (χ4n) is 3.22. The molecule has 0 amide bonds. The Hall–Kier alpha value is -1.71. The van der Waals surface area contributed by atoms with Crippen molar-refractivity contribution in [1.82, 2.24) is 9.88 Å². The van der Waals surface area contributed by atoms with Crippen LogP contribution in [-0.2, 0) is 0 Å². The average Bonchev–Trinajstić information content (AvgIpc) is 2.56. The maximum atomic E-state index is 6.55. The minimum Gasteiger partial charge on any atom is -0.323 e. The van der Waals surface area contributed by atoms with Gasteiger partial charge in [0.1, 0.15) is 0 Å². The van der Waals surface area contributed by atoms with E-state index in [9.17, 15) is 0 Å². The molecule has 2 N–H and O–H groups in total. The monoisotopic (exact) mass is 281 g/mol. The van der Waals surface area contributed by atoms with Crippen molar-refractivity contribution in [2.75, 3.05) is 13.6 Å². The zero-order chi connectivity index (χ0) is 14.7. The van der Waals surface area contributed by atoms with Gasteiger partial charge >= 0.3 is 0 Å². The van der Waals surface area contributed by atoms with Crippen LogP contribution in [0.4, 0.5) is 0 Å². The van der Waals surface area contributed by atoms with E-state index in [1.54, 1.807) is 0 Å². The van der Waals surface area contributed by atoms with Gasteiger partial charge in [0.05, 0.1) is 5.69 Å². The van der Waals surface area contributed by atoms with E-state index in [4.69, 9.17) is 5.73 Å². The van der Waals surface area contributed by atoms with Crippen LogP contribution < -0.4 is 5.73 Å². The molecule has 0 spiro atoms. The van der Waals surface area contributed by atoms with Crippen LogP contribution in [0.2, 0.25) is 0 Å². The van der Waals surface area contributed by atoms with E-state index in [0.29, 0.717) is 6.04 Å². The van der Waals surface area contributed by atoms with Gasteiger partial charge in [-0.1, -0.05) is 30.7 Å². The molecular weight excluding hydrogens is 258 g/mol. The van der Waals surface area contributed by atoms with Gasteiger partial charge in [0.25, 0.3) is 0 Å². The Morgan fingerprint density at radius 1 is 1.19 bits per heavy atom. The molecule has 3 nitrogen and oxygen atoms in total. The number of rotatable bonds is 3. The summed E-state index contributed by atoms with van der Waals surface area (Å²) in [6, 6.07) is 15.0. The van der Waals surface area contributed by atoms with Crippen LogP contribution in [0.25, 0.3) is 11.3 Å². The largest absolute Gasteiger partial charge is 0.323 e. The molecule has 1 aliphatic heterocycles. The van der Waals surface area contributed by atoms with E-state index >= 15 is 0 Å². The van der Waals surface area contributed by atoms with Crippen molar-refractivity contribution in [3.63, 3.8) is 0 Å². The Morgan fingerprint density at radius 2 is 2.10 bits per heavy atom. The summed E-state index contributed by atoms with van der Waals surface area (Å²) in [4.78, 5) is 6.83.